The fourth-order valence-electron chi connectivity index (χ4n) is 3.55. The second-order valence-electron chi connectivity index (χ2n) is 7.12. The van der Waals surface area contributed by atoms with E-state index in [0.29, 0.717) is 17.6 Å². The smallest absolute Gasteiger partial charge is 0.211 e. The Morgan fingerprint density at radius 2 is 2.00 bits per heavy atom. The van der Waals surface area contributed by atoms with Crippen molar-refractivity contribution >= 4 is 38.1 Å². The van der Waals surface area contributed by atoms with Crippen LogP contribution in [0.3, 0.4) is 0 Å². The fraction of sp³-hybridized carbons (Fsp3) is 0.500. The highest BCUT2D eigenvalue weighted by Gasteiger charge is 2.41. The van der Waals surface area contributed by atoms with Gasteiger partial charge >= 0.3 is 0 Å². The molecule has 2 atom stereocenters. The Balaban J connectivity index is 2.00. The second kappa shape index (κ2) is 6.41. The van der Waals surface area contributed by atoms with Crippen molar-refractivity contribution in [3.63, 3.8) is 0 Å². The van der Waals surface area contributed by atoms with Gasteiger partial charge < -0.3 is 4.90 Å². The van der Waals surface area contributed by atoms with E-state index in [1.54, 1.807) is 7.05 Å². The zero-order valence-corrected chi connectivity index (χ0v) is 16.8. The molecule has 0 radical (unpaired) electrons. The lowest BCUT2D eigenvalue weighted by molar-refractivity contribution is 0.251. The molecule has 7 heteroatoms. The van der Waals surface area contributed by atoms with Gasteiger partial charge in [0.05, 0.1) is 12.3 Å². The van der Waals surface area contributed by atoms with Gasteiger partial charge in [0.15, 0.2) is 0 Å². The summed E-state index contributed by atoms with van der Waals surface area (Å²) in [5.41, 5.74) is 2.32. The number of benzene rings is 1. The van der Waals surface area contributed by atoms with Gasteiger partial charge in [-0.15, -0.1) is 0 Å². The molecule has 0 amide bonds. The third-order valence-corrected chi connectivity index (χ3v) is 6.76. The Bertz CT molecular complexity index is 914. The van der Waals surface area contributed by atoms with Crippen molar-refractivity contribution < 1.29 is 8.42 Å². The van der Waals surface area contributed by atoms with Gasteiger partial charge in [0.1, 0.15) is 5.15 Å². The van der Waals surface area contributed by atoms with Crippen LogP contribution in [0.15, 0.2) is 24.4 Å². The summed E-state index contributed by atoms with van der Waals surface area (Å²) in [6, 6.07) is 6.25. The van der Waals surface area contributed by atoms with E-state index in [4.69, 9.17) is 11.6 Å². The Morgan fingerprint density at radius 1 is 1.32 bits per heavy atom. The number of hydrogen-bond donors (Lipinski definition) is 0. The molecule has 136 valence electrons. The van der Waals surface area contributed by atoms with E-state index in [9.17, 15) is 8.42 Å². The maximum absolute atomic E-state index is 11.8. The second-order valence-corrected chi connectivity index (χ2v) is 9.55. The summed E-state index contributed by atoms with van der Waals surface area (Å²) in [6.45, 7) is 7.04. The molecule has 5 nitrogen and oxygen atoms in total. The molecular formula is C18H24ClN3O2S. The molecular weight excluding hydrogens is 358 g/mol. The van der Waals surface area contributed by atoms with Crippen LogP contribution in [0.2, 0.25) is 5.15 Å². The molecule has 0 bridgehead atoms. The van der Waals surface area contributed by atoms with E-state index >= 15 is 0 Å². The summed E-state index contributed by atoms with van der Waals surface area (Å²) in [7, 11) is -1.54. The molecule has 1 aliphatic heterocycles. The number of likely N-dealkylation sites (N-methyl/N-ethyl adjacent to an activating group) is 1. The third-order valence-electron chi connectivity index (χ3n) is 5.23. The number of anilines is 1. The average Bonchev–Trinajstić information content (AvgIpc) is 2.51. The average molecular weight is 382 g/mol. The first-order valence-electron chi connectivity index (χ1n) is 8.39. The summed E-state index contributed by atoms with van der Waals surface area (Å²) in [5, 5.41) is 2.65. The van der Waals surface area contributed by atoms with Gasteiger partial charge in [0.2, 0.25) is 10.0 Å². The summed E-state index contributed by atoms with van der Waals surface area (Å²) >= 11 is 6.12. The quantitative estimate of drug-likeness (QED) is 0.761. The van der Waals surface area contributed by atoms with E-state index in [-0.39, 0.29) is 12.1 Å². The number of fused-ring (bicyclic) bond motifs is 1. The topological polar surface area (TPSA) is 53.5 Å². The van der Waals surface area contributed by atoms with E-state index in [2.05, 4.69) is 42.8 Å². The zero-order chi connectivity index (χ0) is 18.5. The zero-order valence-electron chi connectivity index (χ0n) is 15.2. The molecule has 1 fully saturated rings. The Hall–Kier alpha value is -1.37. The number of hydrogen-bond acceptors (Lipinski definition) is 4. The third kappa shape index (κ3) is 3.23. The first kappa shape index (κ1) is 18.4. The van der Waals surface area contributed by atoms with Gasteiger partial charge in [-0.3, -0.25) is 0 Å². The highest BCUT2D eigenvalue weighted by Crippen LogP contribution is 2.38. The molecule has 2 heterocycles. The van der Waals surface area contributed by atoms with E-state index in [0.717, 1.165) is 16.5 Å². The number of aromatic nitrogens is 1. The minimum atomic E-state index is -3.19. The highest BCUT2D eigenvalue weighted by molar-refractivity contribution is 7.88. The number of sulfonamides is 1. The number of halogens is 1. The lowest BCUT2D eigenvalue weighted by Crippen LogP contribution is -2.65. The van der Waals surface area contributed by atoms with Gasteiger partial charge in [-0.1, -0.05) is 31.5 Å². The Morgan fingerprint density at radius 3 is 2.56 bits per heavy atom. The van der Waals surface area contributed by atoms with Gasteiger partial charge in [-0.2, -0.15) is 4.31 Å². The van der Waals surface area contributed by atoms with Gasteiger partial charge in [-0.25, -0.2) is 13.4 Å². The summed E-state index contributed by atoms with van der Waals surface area (Å²) in [6.07, 6.45) is 3.07. The summed E-state index contributed by atoms with van der Waals surface area (Å²) in [5.74, 6) is 0.382. The molecule has 0 aliphatic carbocycles. The summed E-state index contributed by atoms with van der Waals surface area (Å²) < 4.78 is 25.1. The largest absolute Gasteiger partial charge is 0.365 e. The van der Waals surface area contributed by atoms with Crippen molar-refractivity contribution in [2.75, 3.05) is 24.7 Å². The highest BCUT2D eigenvalue weighted by atomic mass is 35.5. The van der Waals surface area contributed by atoms with Crippen molar-refractivity contribution in [3.8, 4) is 0 Å². The van der Waals surface area contributed by atoms with Crippen LogP contribution in [0.25, 0.3) is 10.8 Å². The van der Waals surface area contributed by atoms with E-state index in [1.165, 1.54) is 16.1 Å². The van der Waals surface area contributed by atoms with Crippen LogP contribution in [0.5, 0.6) is 0 Å². The summed E-state index contributed by atoms with van der Waals surface area (Å²) in [4.78, 5) is 6.49. The van der Waals surface area contributed by atoms with Gasteiger partial charge in [-0.05, 0) is 35.9 Å². The molecule has 3 rings (SSSR count). The van der Waals surface area contributed by atoms with Crippen molar-refractivity contribution in [3.05, 3.63) is 35.1 Å². The fourth-order valence-corrected chi connectivity index (χ4v) is 4.44. The molecule has 2 aromatic rings. The molecule has 25 heavy (non-hydrogen) atoms. The van der Waals surface area contributed by atoms with Gasteiger partial charge in [0, 0.05) is 36.9 Å². The molecule has 1 aromatic heterocycles. The number of nitrogens with zero attached hydrogens (tertiary/aromatic N) is 3. The predicted molar refractivity (Wildman–Crippen MR) is 104 cm³/mol. The maximum Gasteiger partial charge on any atom is 0.211 e. The van der Waals surface area contributed by atoms with Crippen LogP contribution in [0.1, 0.15) is 32.3 Å². The Labute approximate surface area is 154 Å². The van der Waals surface area contributed by atoms with Crippen molar-refractivity contribution in [2.45, 2.75) is 38.8 Å². The first-order chi connectivity index (χ1) is 11.6. The SMILES string of the molecule is CC(C)c1ccc(N2C[C@H](N(C)S(C)(=O)=O)[C@H]2C)c2cnc(Cl)cc12. The van der Waals surface area contributed by atoms with E-state index in [1.807, 2.05) is 12.3 Å². The van der Waals surface area contributed by atoms with Crippen LogP contribution >= 0.6 is 11.6 Å². The van der Waals surface area contributed by atoms with Gasteiger partial charge in [0.25, 0.3) is 0 Å². The first-order valence-corrected chi connectivity index (χ1v) is 10.6. The van der Waals surface area contributed by atoms with Crippen molar-refractivity contribution in [1.29, 1.82) is 0 Å². The minimum absolute atomic E-state index is 0.0184. The van der Waals surface area contributed by atoms with Crippen molar-refractivity contribution in [1.82, 2.24) is 9.29 Å². The lowest BCUT2D eigenvalue weighted by atomic mass is 9.92. The van der Waals surface area contributed by atoms with Crippen LogP contribution < -0.4 is 4.90 Å². The van der Waals surface area contributed by atoms with E-state index < -0.39 is 10.0 Å². The van der Waals surface area contributed by atoms with Crippen LogP contribution in [-0.2, 0) is 10.0 Å². The van der Waals surface area contributed by atoms with Crippen molar-refractivity contribution in [2.24, 2.45) is 0 Å². The standard InChI is InChI=1S/C18H24ClN3O2S/c1-11(2)13-6-7-16(15-9-20-18(19)8-14(13)15)22-10-17(12(22)3)21(4)25(5,23)24/h6-9,11-12,17H,10H2,1-5H3/t12-,17+/m1/s1. The van der Waals surface area contributed by atoms with Crippen LogP contribution in [-0.4, -0.2) is 49.6 Å². The number of rotatable bonds is 4. The minimum Gasteiger partial charge on any atom is -0.365 e. The molecule has 0 spiro atoms. The predicted octanol–water partition coefficient (Wildman–Crippen LogP) is 3.48. The maximum atomic E-state index is 11.8. The molecule has 0 N–H and O–H groups in total. The molecule has 0 unspecified atom stereocenters. The Kier molecular flexibility index (Phi) is 4.73. The monoisotopic (exact) mass is 381 g/mol. The van der Waals surface area contributed by atoms with Crippen LogP contribution in [0.4, 0.5) is 5.69 Å². The normalized spacial score (nSPS) is 21.2. The number of pyridine rings is 1. The molecule has 0 saturated carbocycles. The molecule has 1 saturated heterocycles. The molecule has 1 aromatic carbocycles. The lowest BCUT2D eigenvalue weighted by Gasteiger charge is -2.51. The molecule has 1 aliphatic rings. The van der Waals surface area contributed by atoms with Crippen LogP contribution in [0, 0.1) is 0 Å².